The lowest BCUT2D eigenvalue weighted by molar-refractivity contribution is -0.269. The van der Waals surface area contributed by atoms with Crippen LogP contribution in [0.3, 0.4) is 0 Å². The van der Waals surface area contributed by atoms with Gasteiger partial charge in [-0.15, -0.1) is 5.10 Å². The lowest BCUT2D eigenvalue weighted by Crippen LogP contribution is -2.42. The summed E-state index contributed by atoms with van der Waals surface area (Å²) < 4.78 is 41.1. The fourth-order valence-electron chi connectivity index (χ4n) is 3.58. The molecule has 0 aliphatic carbocycles. The quantitative estimate of drug-likeness (QED) is 0.431. The van der Waals surface area contributed by atoms with Crippen LogP contribution in [0.1, 0.15) is 30.3 Å². The molecule has 10 heteroatoms. The highest BCUT2D eigenvalue weighted by molar-refractivity contribution is 6.30. The molecular weight excluding hydrogens is 455 g/mol. The van der Waals surface area contributed by atoms with E-state index >= 15 is 0 Å². The number of aromatic nitrogens is 4. The summed E-state index contributed by atoms with van der Waals surface area (Å²) in [6.07, 6.45) is -4.37. The lowest BCUT2D eigenvalue weighted by atomic mass is 9.96. The highest BCUT2D eigenvalue weighted by Crippen LogP contribution is 2.40. The maximum absolute atomic E-state index is 13.3. The van der Waals surface area contributed by atoms with Crippen molar-refractivity contribution in [3.05, 3.63) is 76.7 Å². The molecule has 168 valence electrons. The summed E-state index contributed by atoms with van der Waals surface area (Å²) in [7, 11) is 0. The zero-order chi connectivity index (χ0) is 23.8. The van der Waals surface area contributed by atoms with Gasteiger partial charge in [0.05, 0.1) is 18.3 Å². The summed E-state index contributed by atoms with van der Waals surface area (Å²) in [5.41, 5.74) is -0.485. The third kappa shape index (κ3) is 4.27. The van der Waals surface area contributed by atoms with Crippen LogP contribution < -0.4 is 0 Å². The predicted octanol–water partition coefficient (Wildman–Crippen LogP) is 5.23. The summed E-state index contributed by atoms with van der Waals surface area (Å²) in [4.78, 5) is 4.37. The third-order valence-corrected chi connectivity index (χ3v) is 5.68. The minimum Gasteiger partial charge on any atom is -0.375 e. The number of fused-ring (bicyclic) bond motifs is 1. The van der Waals surface area contributed by atoms with Crippen molar-refractivity contribution in [3.8, 4) is 17.2 Å². The second kappa shape index (κ2) is 8.46. The fraction of sp³-hybridized carbons (Fsp3) is 0.217. The average molecular weight is 472 g/mol. The van der Waals surface area contributed by atoms with Crippen molar-refractivity contribution in [1.29, 1.82) is 5.26 Å². The molecule has 4 aromatic rings. The maximum atomic E-state index is 13.3. The van der Waals surface area contributed by atoms with Gasteiger partial charge in [0.1, 0.15) is 17.5 Å². The van der Waals surface area contributed by atoms with E-state index in [-0.39, 0.29) is 12.2 Å². The van der Waals surface area contributed by atoms with Gasteiger partial charge in [0, 0.05) is 10.4 Å². The van der Waals surface area contributed by atoms with Crippen LogP contribution in [0.25, 0.3) is 22.0 Å². The Hall–Kier alpha value is -3.48. The molecule has 1 N–H and O–H groups in total. The second-order valence-electron chi connectivity index (χ2n) is 7.54. The van der Waals surface area contributed by atoms with Gasteiger partial charge < -0.3 is 5.11 Å². The molecule has 2 heterocycles. The Kier molecular flexibility index (Phi) is 5.82. The topological polar surface area (TPSA) is 87.6 Å². The molecule has 0 fully saturated rings. The van der Waals surface area contributed by atoms with Crippen molar-refractivity contribution in [3.63, 3.8) is 0 Å². The van der Waals surface area contributed by atoms with E-state index < -0.39 is 23.9 Å². The van der Waals surface area contributed by atoms with Crippen molar-refractivity contribution in [2.75, 3.05) is 0 Å². The monoisotopic (exact) mass is 471 g/mol. The van der Waals surface area contributed by atoms with E-state index in [0.717, 1.165) is 22.7 Å². The Morgan fingerprint density at radius 2 is 1.85 bits per heavy atom. The van der Waals surface area contributed by atoms with Crippen LogP contribution in [0.15, 0.2) is 54.7 Å². The molecule has 2 aromatic heterocycles. The number of rotatable bonds is 5. The first-order valence-electron chi connectivity index (χ1n) is 9.94. The Labute approximate surface area is 191 Å². The van der Waals surface area contributed by atoms with Crippen LogP contribution in [0.4, 0.5) is 13.2 Å². The number of benzene rings is 2. The molecule has 6 nitrogen and oxygen atoms in total. The van der Waals surface area contributed by atoms with Crippen molar-refractivity contribution in [2.45, 2.75) is 31.7 Å². The highest BCUT2D eigenvalue weighted by atomic mass is 35.5. The standard InChI is InChI=1S/C23H17ClF3N5O/c1-2-22(33,23(25,26)27)21-13-32(31-30-21)12-14-3-8-18-19(15-4-6-16(24)7-5-15)10-17(11-28)29-20(18)9-14/h3-10,13,33H,2,12H2,1H3/t22-/m0/s1. The van der Waals surface area contributed by atoms with Crippen molar-refractivity contribution < 1.29 is 18.3 Å². The molecular formula is C23H17ClF3N5O. The summed E-state index contributed by atoms with van der Waals surface area (Å²) in [5, 5.41) is 28.2. The van der Waals surface area contributed by atoms with Gasteiger partial charge >= 0.3 is 6.18 Å². The molecule has 33 heavy (non-hydrogen) atoms. The second-order valence-corrected chi connectivity index (χ2v) is 7.97. The number of halogens is 4. The van der Waals surface area contributed by atoms with E-state index in [2.05, 4.69) is 21.4 Å². The van der Waals surface area contributed by atoms with Gasteiger partial charge in [-0.1, -0.05) is 48.0 Å². The van der Waals surface area contributed by atoms with Crippen LogP contribution in [0.2, 0.25) is 5.02 Å². The molecule has 4 rings (SSSR count). The zero-order valence-corrected chi connectivity index (χ0v) is 18.1. The minimum atomic E-state index is -4.87. The van der Waals surface area contributed by atoms with Crippen LogP contribution in [-0.4, -0.2) is 31.3 Å². The van der Waals surface area contributed by atoms with Crippen molar-refractivity contribution >= 4 is 22.5 Å². The number of nitrogens with zero attached hydrogens (tertiary/aromatic N) is 5. The van der Waals surface area contributed by atoms with Crippen molar-refractivity contribution in [1.82, 2.24) is 20.0 Å². The average Bonchev–Trinajstić information content (AvgIpc) is 3.26. The third-order valence-electron chi connectivity index (χ3n) is 5.43. The van der Waals surface area contributed by atoms with Gasteiger partial charge in [-0.25, -0.2) is 9.67 Å². The van der Waals surface area contributed by atoms with Crippen LogP contribution >= 0.6 is 11.6 Å². The van der Waals surface area contributed by atoms with Gasteiger partial charge in [0.25, 0.3) is 0 Å². The van der Waals surface area contributed by atoms with Crippen LogP contribution in [0.5, 0.6) is 0 Å². The van der Waals surface area contributed by atoms with E-state index in [4.69, 9.17) is 11.6 Å². The maximum Gasteiger partial charge on any atom is 0.423 e. The van der Waals surface area contributed by atoms with Crippen molar-refractivity contribution in [2.24, 2.45) is 0 Å². The Morgan fingerprint density at radius 3 is 2.48 bits per heavy atom. The summed E-state index contributed by atoms with van der Waals surface area (Å²) in [5.74, 6) is 0. The van der Waals surface area contributed by atoms with Crippen LogP contribution in [0, 0.1) is 11.3 Å². The predicted molar refractivity (Wildman–Crippen MR) is 116 cm³/mol. The Morgan fingerprint density at radius 1 is 1.12 bits per heavy atom. The first-order chi connectivity index (χ1) is 15.6. The number of nitriles is 1. The van der Waals surface area contributed by atoms with Crippen LogP contribution in [-0.2, 0) is 12.1 Å². The first kappa shape index (κ1) is 22.7. The number of hydrogen-bond acceptors (Lipinski definition) is 5. The number of pyridine rings is 1. The van der Waals surface area contributed by atoms with E-state index in [1.54, 1.807) is 30.3 Å². The summed E-state index contributed by atoms with van der Waals surface area (Å²) in [6, 6.07) is 16.3. The van der Waals surface area contributed by atoms with E-state index in [1.807, 2.05) is 18.2 Å². The molecule has 0 unspecified atom stereocenters. The Bertz CT molecular complexity index is 1360. The molecule has 0 amide bonds. The molecule has 1 atom stereocenters. The molecule has 0 aliphatic rings. The smallest absolute Gasteiger partial charge is 0.375 e. The molecule has 0 bridgehead atoms. The largest absolute Gasteiger partial charge is 0.423 e. The number of alkyl halides is 3. The summed E-state index contributed by atoms with van der Waals surface area (Å²) in [6.45, 7) is 1.34. The lowest BCUT2D eigenvalue weighted by Gasteiger charge is -2.26. The highest BCUT2D eigenvalue weighted by Gasteiger charge is 2.55. The molecule has 0 saturated heterocycles. The van der Waals surface area contributed by atoms with Gasteiger partial charge in [-0.2, -0.15) is 18.4 Å². The molecule has 0 saturated carbocycles. The number of aliphatic hydroxyl groups is 1. The van der Waals surface area contributed by atoms with Gasteiger partial charge in [-0.05, 0) is 47.4 Å². The molecule has 0 spiro atoms. The normalized spacial score (nSPS) is 13.6. The zero-order valence-electron chi connectivity index (χ0n) is 17.3. The molecule has 0 aliphatic heterocycles. The van der Waals surface area contributed by atoms with Gasteiger partial charge in [0.15, 0.2) is 0 Å². The van der Waals surface area contributed by atoms with Gasteiger partial charge in [0.2, 0.25) is 5.60 Å². The SMILES string of the molecule is CC[C@](O)(c1cn(Cc2ccc3c(-c4ccc(Cl)cc4)cc(C#N)nc3c2)nn1)C(F)(F)F. The number of hydrogen-bond donors (Lipinski definition) is 1. The molecule has 0 radical (unpaired) electrons. The summed E-state index contributed by atoms with van der Waals surface area (Å²) >= 11 is 5.98. The van der Waals surface area contributed by atoms with E-state index in [0.29, 0.717) is 16.1 Å². The van der Waals surface area contributed by atoms with E-state index in [1.165, 1.54) is 11.6 Å². The Balaban J connectivity index is 1.71. The van der Waals surface area contributed by atoms with E-state index in [9.17, 15) is 23.5 Å². The minimum absolute atomic E-state index is 0.106. The fourth-order valence-corrected chi connectivity index (χ4v) is 3.70. The first-order valence-corrected chi connectivity index (χ1v) is 10.3. The van der Waals surface area contributed by atoms with Gasteiger partial charge in [-0.3, -0.25) is 0 Å². The molecule has 2 aromatic carbocycles.